The van der Waals surface area contributed by atoms with Crippen LogP contribution in [0.4, 0.5) is 26.3 Å². The van der Waals surface area contributed by atoms with E-state index in [0.717, 1.165) is 25.1 Å². The van der Waals surface area contributed by atoms with Gasteiger partial charge in [-0.2, -0.15) is 26.3 Å². The first-order chi connectivity index (χ1) is 18.0. The molecule has 9 nitrogen and oxygen atoms in total. The lowest BCUT2D eigenvalue weighted by atomic mass is 9.81. The number of hydrogen-bond acceptors (Lipinski definition) is 6. The number of aliphatic carboxylic acids is 2. The third kappa shape index (κ3) is 9.11. The standard InChI is InChI=1S/C20H23N3O2.2C2HF3O2/c1-15-9-16(11-21-10-15)19(24)23-12-17-5-4-7-20(17,13-23)14-25-18-6-2-3-8-22-18;2*3-2(4,5)1(6)7/h2-3,6,8-11,17H,4-5,7,12-14H2,1H3;2*(H,6,7)/t17-,20+;;/m1../s1. The van der Waals surface area contributed by atoms with E-state index in [4.69, 9.17) is 24.5 Å². The second-order valence-corrected chi connectivity index (χ2v) is 8.95. The number of fused-ring (bicyclic) bond motifs is 1. The Morgan fingerprint density at radius 1 is 1.08 bits per heavy atom. The zero-order valence-electron chi connectivity index (χ0n) is 20.5. The van der Waals surface area contributed by atoms with Gasteiger partial charge >= 0.3 is 24.3 Å². The molecule has 2 aromatic heterocycles. The SMILES string of the molecule is Cc1cncc(C(=O)N2C[C@H]3CCC[C@@]3(COc3ccccn3)C2)c1.O=C(O)C(F)(F)F.O=C(O)C(F)(F)F. The second-order valence-electron chi connectivity index (χ2n) is 8.95. The highest BCUT2D eigenvalue weighted by Crippen LogP contribution is 2.49. The van der Waals surface area contributed by atoms with E-state index in [1.165, 1.54) is 12.8 Å². The molecule has 2 aromatic rings. The first-order valence-electron chi connectivity index (χ1n) is 11.4. The van der Waals surface area contributed by atoms with Gasteiger partial charge in [-0.15, -0.1) is 0 Å². The molecule has 2 N–H and O–H groups in total. The fourth-order valence-corrected chi connectivity index (χ4v) is 4.31. The summed E-state index contributed by atoms with van der Waals surface area (Å²) < 4.78 is 69.5. The number of alkyl halides is 6. The number of ether oxygens (including phenoxy) is 1. The van der Waals surface area contributed by atoms with E-state index >= 15 is 0 Å². The van der Waals surface area contributed by atoms with Crippen LogP contribution in [0, 0.1) is 18.3 Å². The lowest BCUT2D eigenvalue weighted by Crippen LogP contribution is -2.35. The number of amides is 1. The van der Waals surface area contributed by atoms with E-state index < -0.39 is 24.3 Å². The molecule has 4 rings (SSSR count). The van der Waals surface area contributed by atoms with Crippen LogP contribution in [0.3, 0.4) is 0 Å². The number of halogens is 6. The van der Waals surface area contributed by atoms with Crippen LogP contribution in [0.2, 0.25) is 0 Å². The van der Waals surface area contributed by atoms with Gasteiger partial charge in [0.25, 0.3) is 5.91 Å². The number of carboxylic acids is 2. The molecule has 0 bridgehead atoms. The minimum Gasteiger partial charge on any atom is -0.477 e. The van der Waals surface area contributed by atoms with Crippen LogP contribution in [0.1, 0.15) is 35.2 Å². The van der Waals surface area contributed by atoms with Crippen molar-refractivity contribution in [3.8, 4) is 5.88 Å². The van der Waals surface area contributed by atoms with Gasteiger partial charge in [0.15, 0.2) is 0 Å². The molecular weight excluding hydrogens is 540 g/mol. The van der Waals surface area contributed by atoms with Crippen molar-refractivity contribution in [2.45, 2.75) is 38.5 Å². The minimum atomic E-state index is -5.08. The molecule has 1 saturated carbocycles. The van der Waals surface area contributed by atoms with Gasteiger partial charge in [-0.1, -0.05) is 12.5 Å². The van der Waals surface area contributed by atoms with E-state index in [-0.39, 0.29) is 11.3 Å². The summed E-state index contributed by atoms with van der Waals surface area (Å²) in [7, 11) is 0. The molecule has 1 saturated heterocycles. The fourth-order valence-electron chi connectivity index (χ4n) is 4.31. The summed E-state index contributed by atoms with van der Waals surface area (Å²) in [5.41, 5.74) is 1.75. The van der Waals surface area contributed by atoms with Crippen LogP contribution < -0.4 is 4.74 Å². The third-order valence-corrected chi connectivity index (χ3v) is 6.08. The quantitative estimate of drug-likeness (QED) is 0.523. The first kappa shape index (κ1) is 31.3. The Bertz CT molecular complexity index is 1120. The predicted octanol–water partition coefficient (Wildman–Crippen LogP) is 4.37. The molecule has 2 aliphatic rings. The lowest BCUT2D eigenvalue weighted by molar-refractivity contribution is -0.193. The molecule has 39 heavy (non-hydrogen) atoms. The summed E-state index contributed by atoms with van der Waals surface area (Å²) >= 11 is 0. The molecule has 2 atom stereocenters. The van der Waals surface area contributed by atoms with Gasteiger partial charge in [0.05, 0.1) is 12.2 Å². The van der Waals surface area contributed by atoms with Crippen molar-refractivity contribution in [2.75, 3.05) is 19.7 Å². The largest absolute Gasteiger partial charge is 0.490 e. The number of rotatable bonds is 4. The molecule has 15 heteroatoms. The number of carboxylic acid groups (broad SMARTS) is 2. The highest BCUT2D eigenvalue weighted by atomic mass is 19.4. The monoisotopic (exact) mass is 565 g/mol. The smallest absolute Gasteiger partial charge is 0.477 e. The van der Waals surface area contributed by atoms with Crippen molar-refractivity contribution in [3.05, 3.63) is 54.0 Å². The number of carbonyl (C=O) groups is 3. The number of aromatic nitrogens is 2. The van der Waals surface area contributed by atoms with Crippen molar-refractivity contribution >= 4 is 17.8 Å². The number of pyridine rings is 2. The molecular formula is C24H25F6N3O6. The molecule has 1 aliphatic heterocycles. The van der Waals surface area contributed by atoms with E-state index in [2.05, 4.69) is 9.97 Å². The van der Waals surface area contributed by atoms with E-state index in [9.17, 15) is 31.1 Å². The average molecular weight is 565 g/mol. The Labute approximate surface area is 218 Å². The normalized spacial score (nSPS) is 20.1. The van der Waals surface area contributed by atoms with Gasteiger partial charge in [-0.25, -0.2) is 14.6 Å². The molecule has 0 spiro atoms. The van der Waals surface area contributed by atoms with Gasteiger partial charge < -0.3 is 19.8 Å². The van der Waals surface area contributed by atoms with Gasteiger partial charge in [0.2, 0.25) is 5.88 Å². The Kier molecular flexibility index (Phi) is 10.2. The number of aryl methyl sites for hydroxylation is 1. The van der Waals surface area contributed by atoms with E-state index in [1.54, 1.807) is 18.6 Å². The summed E-state index contributed by atoms with van der Waals surface area (Å²) in [5.74, 6) is -4.25. The fraction of sp³-hybridized carbons (Fsp3) is 0.458. The number of carbonyl (C=O) groups excluding carboxylic acids is 1. The molecule has 3 heterocycles. The maximum atomic E-state index is 12.9. The topological polar surface area (TPSA) is 130 Å². The zero-order valence-corrected chi connectivity index (χ0v) is 20.5. The third-order valence-electron chi connectivity index (χ3n) is 6.08. The van der Waals surface area contributed by atoms with Gasteiger partial charge in [0, 0.05) is 43.2 Å². The van der Waals surface area contributed by atoms with E-state index in [0.29, 0.717) is 24.0 Å². The number of likely N-dealkylation sites (tertiary alicyclic amines) is 1. The van der Waals surface area contributed by atoms with Crippen molar-refractivity contribution in [1.29, 1.82) is 0 Å². The number of hydrogen-bond donors (Lipinski definition) is 2. The van der Waals surface area contributed by atoms with Crippen LogP contribution in [0.15, 0.2) is 42.9 Å². The Morgan fingerprint density at radius 2 is 1.69 bits per heavy atom. The van der Waals surface area contributed by atoms with Crippen molar-refractivity contribution in [1.82, 2.24) is 14.9 Å². The van der Waals surface area contributed by atoms with Crippen LogP contribution >= 0.6 is 0 Å². The highest BCUT2D eigenvalue weighted by molar-refractivity contribution is 5.94. The molecule has 214 valence electrons. The Hall–Kier alpha value is -3.91. The van der Waals surface area contributed by atoms with Gasteiger partial charge in [-0.05, 0) is 43.4 Å². The highest BCUT2D eigenvalue weighted by Gasteiger charge is 2.51. The molecule has 0 radical (unpaired) electrons. The summed E-state index contributed by atoms with van der Waals surface area (Å²) in [5, 5.41) is 14.2. The van der Waals surface area contributed by atoms with Crippen LogP contribution in [0.25, 0.3) is 0 Å². The first-order valence-corrected chi connectivity index (χ1v) is 11.4. The van der Waals surface area contributed by atoms with Crippen molar-refractivity contribution in [2.24, 2.45) is 11.3 Å². The number of nitrogens with zero attached hydrogens (tertiary/aromatic N) is 3. The summed E-state index contributed by atoms with van der Waals surface area (Å²) in [6.45, 7) is 4.17. The van der Waals surface area contributed by atoms with Crippen LogP contribution in [-0.4, -0.2) is 75.0 Å². The predicted molar refractivity (Wildman–Crippen MR) is 122 cm³/mol. The lowest BCUT2D eigenvalue weighted by Gasteiger charge is -2.28. The van der Waals surface area contributed by atoms with Crippen molar-refractivity contribution < 1.29 is 55.7 Å². The molecule has 1 amide bonds. The maximum Gasteiger partial charge on any atom is 0.490 e. The van der Waals surface area contributed by atoms with Crippen molar-refractivity contribution in [3.63, 3.8) is 0 Å². The molecule has 1 aliphatic carbocycles. The summed E-state index contributed by atoms with van der Waals surface area (Å²) in [6.07, 6.45) is -1.49. The van der Waals surface area contributed by atoms with E-state index in [1.807, 2.05) is 36.1 Å². The minimum absolute atomic E-state index is 0.0600. The Morgan fingerprint density at radius 3 is 2.21 bits per heavy atom. The zero-order chi connectivity index (χ0) is 29.4. The van der Waals surface area contributed by atoms with Crippen LogP contribution in [0.5, 0.6) is 5.88 Å². The van der Waals surface area contributed by atoms with Gasteiger partial charge in [-0.3, -0.25) is 9.78 Å². The Balaban J connectivity index is 0.000000317. The van der Waals surface area contributed by atoms with Gasteiger partial charge in [0.1, 0.15) is 0 Å². The molecule has 0 aromatic carbocycles. The summed E-state index contributed by atoms with van der Waals surface area (Å²) in [4.78, 5) is 41.1. The molecule has 2 fully saturated rings. The summed E-state index contributed by atoms with van der Waals surface area (Å²) in [6, 6.07) is 7.62. The van der Waals surface area contributed by atoms with Crippen LogP contribution in [-0.2, 0) is 9.59 Å². The molecule has 0 unspecified atom stereocenters. The second kappa shape index (κ2) is 12.8. The average Bonchev–Trinajstić information content (AvgIpc) is 3.40. The maximum absolute atomic E-state index is 12.9.